The zero-order valence-electron chi connectivity index (χ0n) is 18.5. The lowest BCUT2D eigenvalue weighted by Gasteiger charge is -2.13. The molecule has 0 spiro atoms. The normalized spacial score (nSPS) is 14.6. The molecule has 0 bridgehead atoms. The van der Waals surface area contributed by atoms with Gasteiger partial charge in [0.2, 0.25) is 5.91 Å². The Kier molecular flexibility index (Phi) is 6.77. The summed E-state index contributed by atoms with van der Waals surface area (Å²) in [5, 5.41) is 13.3. The van der Waals surface area contributed by atoms with E-state index in [1.165, 1.54) is 18.2 Å². The molecule has 35 heavy (non-hydrogen) atoms. The van der Waals surface area contributed by atoms with Crippen LogP contribution in [0.2, 0.25) is 5.02 Å². The fourth-order valence-electron chi connectivity index (χ4n) is 3.55. The number of furan rings is 1. The molecule has 3 aromatic rings. The van der Waals surface area contributed by atoms with Crippen molar-refractivity contribution >= 4 is 57.9 Å². The number of anilines is 1. The van der Waals surface area contributed by atoms with Crippen LogP contribution in [0.25, 0.3) is 17.4 Å². The topological polar surface area (TPSA) is 123 Å². The smallest absolute Gasteiger partial charge is 0.294 e. The Morgan fingerprint density at radius 2 is 1.86 bits per heavy atom. The first-order valence-corrected chi connectivity index (χ1v) is 11.5. The van der Waals surface area contributed by atoms with Gasteiger partial charge in [-0.15, -0.1) is 0 Å². The molecule has 0 saturated carbocycles. The van der Waals surface area contributed by atoms with Crippen molar-refractivity contribution in [3.8, 4) is 11.3 Å². The molecule has 1 aliphatic heterocycles. The summed E-state index contributed by atoms with van der Waals surface area (Å²) in [5.74, 6) is -0.523. The number of imide groups is 1. The SMILES string of the molecule is Cc1cc(C)cc(NC(=O)CN2C(=O)S/C(=C/c3ccc(-c4ccc(Cl)c([N+](=O)[O-])c4)o3)C2=O)c1. The van der Waals surface area contributed by atoms with E-state index < -0.39 is 28.5 Å². The maximum absolute atomic E-state index is 12.8. The van der Waals surface area contributed by atoms with Crippen molar-refractivity contribution in [2.75, 3.05) is 11.9 Å². The first kappa shape index (κ1) is 24.2. The third-order valence-electron chi connectivity index (χ3n) is 5.01. The number of benzene rings is 2. The fraction of sp³-hybridized carbons (Fsp3) is 0.125. The molecule has 0 radical (unpaired) electrons. The van der Waals surface area contributed by atoms with E-state index in [0.29, 0.717) is 28.8 Å². The highest BCUT2D eigenvalue weighted by atomic mass is 35.5. The average molecular weight is 512 g/mol. The van der Waals surface area contributed by atoms with Crippen molar-refractivity contribution in [2.45, 2.75) is 13.8 Å². The van der Waals surface area contributed by atoms with E-state index in [0.717, 1.165) is 16.0 Å². The molecule has 0 atom stereocenters. The number of nitrogens with one attached hydrogen (secondary N) is 1. The predicted molar refractivity (Wildman–Crippen MR) is 133 cm³/mol. The number of nitro benzene ring substituents is 1. The van der Waals surface area contributed by atoms with Gasteiger partial charge >= 0.3 is 0 Å². The van der Waals surface area contributed by atoms with Crippen LogP contribution in [0.1, 0.15) is 16.9 Å². The minimum Gasteiger partial charge on any atom is -0.457 e. The Balaban J connectivity index is 1.47. The molecule has 9 nitrogen and oxygen atoms in total. The molecule has 1 saturated heterocycles. The Labute approximate surface area is 208 Å². The van der Waals surface area contributed by atoms with Crippen LogP contribution in [-0.4, -0.2) is 33.4 Å². The van der Waals surface area contributed by atoms with E-state index in [1.807, 2.05) is 19.9 Å². The molecule has 1 aliphatic rings. The Morgan fingerprint density at radius 1 is 1.14 bits per heavy atom. The lowest BCUT2D eigenvalue weighted by molar-refractivity contribution is -0.384. The van der Waals surface area contributed by atoms with Gasteiger partial charge < -0.3 is 9.73 Å². The zero-order valence-corrected chi connectivity index (χ0v) is 20.1. The molecular formula is C24H18ClN3O6S. The number of hydrogen-bond acceptors (Lipinski definition) is 7. The Bertz CT molecular complexity index is 1390. The second-order valence-electron chi connectivity index (χ2n) is 7.82. The maximum atomic E-state index is 12.8. The first-order chi connectivity index (χ1) is 16.6. The summed E-state index contributed by atoms with van der Waals surface area (Å²) in [6, 6.07) is 13.0. The molecule has 3 amide bonds. The van der Waals surface area contributed by atoms with Crippen LogP contribution in [0.15, 0.2) is 57.9 Å². The van der Waals surface area contributed by atoms with E-state index in [4.69, 9.17) is 16.0 Å². The first-order valence-electron chi connectivity index (χ1n) is 10.3. The van der Waals surface area contributed by atoms with Gasteiger partial charge in [-0.05, 0) is 73.1 Å². The van der Waals surface area contributed by atoms with E-state index in [-0.39, 0.29) is 21.4 Å². The quantitative estimate of drug-likeness (QED) is 0.252. The summed E-state index contributed by atoms with van der Waals surface area (Å²) in [7, 11) is 0. The molecule has 2 heterocycles. The number of carbonyl (C=O) groups is 3. The molecule has 4 rings (SSSR count). The summed E-state index contributed by atoms with van der Waals surface area (Å²) in [4.78, 5) is 49.1. The van der Waals surface area contributed by atoms with E-state index in [1.54, 1.807) is 30.3 Å². The largest absolute Gasteiger partial charge is 0.457 e. The predicted octanol–water partition coefficient (Wildman–Crippen LogP) is 5.80. The van der Waals surface area contributed by atoms with Crippen LogP contribution >= 0.6 is 23.4 Å². The van der Waals surface area contributed by atoms with E-state index in [2.05, 4.69) is 5.32 Å². The molecular weight excluding hydrogens is 494 g/mol. The van der Waals surface area contributed by atoms with Crippen LogP contribution in [0, 0.1) is 24.0 Å². The Hall–Kier alpha value is -3.89. The maximum Gasteiger partial charge on any atom is 0.294 e. The van der Waals surface area contributed by atoms with E-state index in [9.17, 15) is 24.5 Å². The van der Waals surface area contributed by atoms with Gasteiger partial charge in [0.1, 0.15) is 23.1 Å². The van der Waals surface area contributed by atoms with Crippen molar-refractivity contribution in [1.29, 1.82) is 0 Å². The van der Waals surface area contributed by atoms with Crippen molar-refractivity contribution in [2.24, 2.45) is 0 Å². The third-order valence-corrected chi connectivity index (χ3v) is 6.24. The van der Waals surface area contributed by atoms with Crippen LogP contribution in [0.3, 0.4) is 0 Å². The molecule has 1 N–H and O–H groups in total. The average Bonchev–Trinajstić information content (AvgIpc) is 3.33. The molecule has 1 aromatic heterocycles. The summed E-state index contributed by atoms with van der Waals surface area (Å²) in [5.41, 5.74) is 2.70. The number of rotatable bonds is 6. The summed E-state index contributed by atoms with van der Waals surface area (Å²) >= 11 is 6.54. The van der Waals surface area contributed by atoms with Gasteiger partial charge in [-0.1, -0.05) is 17.7 Å². The van der Waals surface area contributed by atoms with Gasteiger partial charge in [0.15, 0.2) is 0 Å². The standard InChI is InChI=1S/C24H18ClN3O6S/c1-13-7-14(2)9-16(8-13)26-22(29)12-27-23(30)21(35-24(27)31)11-17-4-6-20(34-17)15-3-5-18(25)19(10-15)28(32)33/h3-11H,12H2,1-2H3,(H,26,29)/b21-11+. The third kappa shape index (κ3) is 5.44. The van der Waals surface area contributed by atoms with Gasteiger partial charge in [-0.25, -0.2) is 0 Å². The molecule has 0 aliphatic carbocycles. The molecule has 11 heteroatoms. The van der Waals surface area contributed by atoms with Crippen molar-refractivity contribution in [3.05, 3.63) is 85.5 Å². The second kappa shape index (κ2) is 9.77. The summed E-state index contributed by atoms with van der Waals surface area (Å²) in [6.07, 6.45) is 1.39. The summed E-state index contributed by atoms with van der Waals surface area (Å²) < 4.78 is 5.69. The number of halogens is 1. The molecule has 0 unspecified atom stereocenters. The summed E-state index contributed by atoms with van der Waals surface area (Å²) in [6.45, 7) is 3.38. The molecule has 1 fully saturated rings. The monoisotopic (exact) mass is 511 g/mol. The lowest BCUT2D eigenvalue weighted by Crippen LogP contribution is -2.36. The number of hydrogen-bond donors (Lipinski definition) is 1. The highest BCUT2D eigenvalue weighted by Gasteiger charge is 2.36. The van der Waals surface area contributed by atoms with Gasteiger partial charge in [-0.2, -0.15) is 0 Å². The second-order valence-corrected chi connectivity index (χ2v) is 9.22. The zero-order chi connectivity index (χ0) is 25.3. The highest BCUT2D eigenvalue weighted by Crippen LogP contribution is 2.35. The fourth-order valence-corrected chi connectivity index (χ4v) is 4.55. The van der Waals surface area contributed by atoms with Crippen molar-refractivity contribution in [1.82, 2.24) is 4.90 Å². The van der Waals surface area contributed by atoms with Gasteiger partial charge in [0, 0.05) is 23.4 Å². The minimum atomic E-state index is -0.615. The van der Waals surface area contributed by atoms with Crippen LogP contribution < -0.4 is 5.32 Å². The van der Waals surface area contributed by atoms with Crippen LogP contribution in [0.4, 0.5) is 16.2 Å². The van der Waals surface area contributed by atoms with Crippen LogP contribution in [-0.2, 0) is 9.59 Å². The number of amides is 3. The van der Waals surface area contributed by atoms with Gasteiger partial charge in [-0.3, -0.25) is 29.4 Å². The number of aryl methyl sites for hydroxylation is 2. The van der Waals surface area contributed by atoms with Gasteiger partial charge in [0.25, 0.3) is 16.8 Å². The molecule has 2 aromatic carbocycles. The number of nitro groups is 1. The number of thioether (sulfide) groups is 1. The van der Waals surface area contributed by atoms with Crippen molar-refractivity contribution < 1.29 is 23.7 Å². The number of nitrogens with zero attached hydrogens (tertiary/aromatic N) is 2. The van der Waals surface area contributed by atoms with Gasteiger partial charge in [0.05, 0.1) is 9.83 Å². The Morgan fingerprint density at radius 3 is 2.54 bits per heavy atom. The van der Waals surface area contributed by atoms with Crippen molar-refractivity contribution in [3.63, 3.8) is 0 Å². The minimum absolute atomic E-state index is 0.000717. The highest BCUT2D eigenvalue weighted by molar-refractivity contribution is 8.18. The number of carbonyl (C=O) groups excluding carboxylic acids is 3. The van der Waals surface area contributed by atoms with E-state index >= 15 is 0 Å². The van der Waals surface area contributed by atoms with Crippen LogP contribution in [0.5, 0.6) is 0 Å². The molecule has 178 valence electrons. The lowest BCUT2D eigenvalue weighted by atomic mass is 10.1.